The maximum atomic E-state index is 12.5. The van der Waals surface area contributed by atoms with E-state index in [0.717, 1.165) is 30.5 Å². The van der Waals surface area contributed by atoms with Crippen LogP contribution in [0.25, 0.3) is 0 Å². The van der Waals surface area contributed by atoms with Gasteiger partial charge in [0.25, 0.3) is 5.91 Å². The first-order valence-electron chi connectivity index (χ1n) is 6.37. The molecule has 0 fully saturated rings. The zero-order chi connectivity index (χ0) is 17.3. The van der Waals surface area contributed by atoms with Gasteiger partial charge in [-0.25, -0.2) is 8.42 Å². The van der Waals surface area contributed by atoms with Crippen LogP contribution in [-0.2, 0) is 16.0 Å². The highest BCUT2D eigenvalue weighted by Gasteiger charge is 2.30. The number of rotatable bonds is 3. The first-order chi connectivity index (χ1) is 10.6. The molecule has 0 saturated carbocycles. The van der Waals surface area contributed by atoms with Gasteiger partial charge >= 0.3 is 6.18 Å². The van der Waals surface area contributed by atoms with Gasteiger partial charge in [0.1, 0.15) is 0 Å². The Hall–Kier alpha value is -2.35. The van der Waals surface area contributed by atoms with Crippen molar-refractivity contribution in [1.29, 1.82) is 0 Å². The van der Waals surface area contributed by atoms with Gasteiger partial charge in [-0.1, -0.05) is 12.1 Å². The van der Waals surface area contributed by atoms with Gasteiger partial charge in [-0.05, 0) is 36.4 Å². The number of benzene rings is 2. The van der Waals surface area contributed by atoms with Crippen molar-refractivity contribution in [3.63, 3.8) is 0 Å². The summed E-state index contributed by atoms with van der Waals surface area (Å²) in [4.78, 5) is 12.0. The Morgan fingerprint density at radius 3 is 2.09 bits per heavy atom. The van der Waals surface area contributed by atoms with E-state index in [0.29, 0.717) is 0 Å². The minimum Gasteiger partial charge on any atom is -0.321 e. The molecule has 0 saturated heterocycles. The monoisotopic (exact) mass is 343 g/mol. The summed E-state index contributed by atoms with van der Waals surface area (Å²) in [5.41, 5.74) is -0.813. The number of nitrogens with one attached hydrogen (secondary N) is 1. The van der Waals surface area contributed by atoms with Crippen molar-refractivity contribution >= 4 is 21.4 Å². The molecule has 0 aliphatic rings. The number of anilines is 1. The highest BCUT2D eigenvalue weighted by Crippen LogP contribution is 2.29. The van der Waals surface area contributed by atoms with Crippen molar-refractivity contribution in [2.24, 2.45) is 0 Å². The molecule has 2 rings (SSSR count). The van der Waals surface area contributed by atoms with Crippen molar-refractivity contribution in [3.8, 4) is 0 Å². The van der Waals surface area contributed by atoms with Gasteiger partial charge in [-0.3, -0.25) is 4.79 Å². The second-order valence-corrected chi connectivity index (χ2v) is 6.78. The lowest BCUT2D eigenvalue weighted by molar-refractivity contribution is -0.137. The van der Waals surface area contributed by atoms with Crippen LogP contribution in [0.5, 0.6) is 0 Å². The number of halogens is 3. The van der Waals surface area contributed by atoms with Crippen LogP contribution in [-0.4, -0.2) is 20.6 Å². The predicted molar refractivity (Wildman–Crippen MR) is 78.9 cm³/mol. The molecule has 2 aromatic carbocycles. The van der Waals surface area contributed by atoms with Crippen molar-refractivity contribution in [2.75, 3.05) is 11.6 Å². The van der Waals surface area contributed by atoms with Gasteiger partial charge < -0.3 is 5.32 Å². The normalized spacial score (nSPS) is 12.0. The van der Waals surface area contributed by atoms with E-state index in [2.05, 4.69) is 5.32 Å². The van der Waals surface area contributed by atoms with Crippen LogP contribution in [0.3, 0.4) is 0 Å². The van der Waals surface area contributed by atoms with E-state index in [9.17, 15) is 26.4 Å². The molecule has 0 heterocycles. The molecule has 1 amide bonds. The number of carbonyl (C=O) groups is 1. The maximum Gasteiger partial charge on any atom is 0.416 e. The standard InChI is InChI=1S/C15H12F3NO3S/c1-23(21,22)13-5-3-2-4-12(13)19-14(20)10-6-8-11(9-7-10)15(16,17)18/h2-9H,1H3,(H,19,20). The number of hydrogen-bond acceptors (Lipinski definition) is 3. The zero-order valence-electron chi connectivity index (χ0n) is 11.9. The van der Waals surface area contributed by atoms with Crippen LogP contribution in [0.4, 0.5) is 18.9 Å². The summed E-state index contributed by atoms with van der Waals surface area (Å²) in [5, 5.41) is 2.39. The molecule has 8 heteroatoms. The SMILES string of the molecule is CS(=O)(=O)c1ccccc1NC(=O)c1ccc(C(F)(F)F)cc1. The molecule has 0 aromatic heterocycles. The Morgan fingerprint density at radius 1 is 1.00 bits per heavy atom. The van der Waals surface area contributed by atoms with E-state index in [1.165, 1.54) is 24.3 Å². The fourth-order valence-electron chi connectivity index (χ4n) is 1.90. The van der Waals surface area contributed by atoms with E-state index >= 15 is 0 Å². The lowest BCUT2D eigenvalue weighted by Gasteiger charge is -2.10. The number of alkyl halides is 3. The molecule has 0 radical (unpaired) electrons. The van der Waals surface area contributed by atoms with Gasteiger partial charge in [-0.15, -0.1) is 0 Å². The first kappa shape index (κ1) is 17.0. The van der Waals surface area contributed by atoms with E-state index in [4.69, 9.17) is 0 Å². The smallest absolute Gasteiger partial charge is 0.321 e. The quantitative estimate of drug-likeness (QED) is 0.929. The average molecular weight is 343 g/mol. The number of amides is 1. The van der Waals surface area contributed by atoms with Crippen LogP contribution in [0.2, 0.25) is 0 Å². The fraction of sp³-hybridized carbons (Fsp3) is 0.133. The van der Waals surface area contributed by atoms with Crippen LogP contribution < -0.4 is 5.32 Å². The van der Waals surface area contributed by atoms with E-state index < -0.39 is 27.5 Å². The van der Waals surface area contributed by atoms with Crippen LogP contribution >= 0.6 is 0 Å². The highest BCUT2D eigenvalue weighted by molar-refractivity contribution is 7.90. The Balaban J connectivity index is 2.27. The third kappa shape index (κ3) is 4.10. The molecule has 2 aromatic rings. The van der Waals surface area contributed by atoms with Gasteiger partial charge in [0.2, 0.25) is 0 Å². The molecule has 4 nitrogen and oxygen atoms in total. The topological polar surface area (TPSA) is 63.2 Å². The first-order valence-corrected chi connectivity index (χ1v) is 8.26. The van der Waals surface area contributed by atoms with Crippen molar-refractivity contribution in [2.45, 2.75) is 11.1 Å². The minimum atomic E-state index is -4.49. The van der Waals surface area contributed by atoms with Crippen molar-refractivity contribution in [1.82, 2.24) is 0 Å². The Bertz CT molecular complexity index is 828. The highest BCUT2D eigenvalue weighted by atomic mass is 32.2. The van der Waals surface area contributed by atoms with Gasteiger partial charge in [0.15, 0.2) is 9.84 Å². The molecule has 0 spiro atoms. The molecular formula is C15H12F3NO3S. The van der Waals surface area contributed by atoms with Crippen molar-refractivity contribution in [3.05, 3.63) is 59.7 Å². The summed E-state index contributed by atoms with van der Waals surface area (Å²) in [6.45, 7) is 0. The Labute approximate surface area is 130 Å². The summed E-state index contributed by atoms with van der Waals surface area (Å²) in [6.07, 6.45) is -3.49. The number of hydrogen-bond donors (Lipinski definition) is 1. The Kier molecular flexibility index (Phi) is 4.46. The number of sulfone groups is 1. The second kappa shape index (κ2) is 6.04. The molecule has 0 aliphatic heterocycles. The number of para-hydroxylation sites is 1. The molecule has 122 valence electrons. The van der Waals surface area contributed by atoms with Crippen LogP contribution in [0.15, 0.2) is 53.4 Å². The number of carbonyl (C=O) groups excluding carboxylic acids is 1. The maximum absolute atomic E-state index is 12.5. The lowest BCUT2D eigenvalue weighted by atomic mass is 10.1. The van der Waals surface area contributed by atoms with Gasteiger partial charge in [-0.2, -0.15) is 13.2 Å². The third-order valence-electron chi connectivity index (χ3n) is 3.01. The Morgan fingerprint density at radius 2 is 1.57 bits per heavy atom. The van der Waals surface area contributed by atoms with Gasteiger partial charge in [0.05, 0.1) is 16.1 Å². The predicted octanol–water partition coefficient (Wildman–Crippen LogP) is 3.36. The lowest BCUT2D eigenvalue weighted by Crippen LogP contribution is -2.15. The third-order valence-corrected chi connectivity index (χ3v) is 4.16. The van der Waals surface area contributed by atoms with E-state index in [1.54, 1.807) is 0 Å². The minimum absolute atomic E-state index is 0.0127. The molecule has 0 bridgehead atoms. The van der Waals surface area contributed by atoms with E-state index in [-0.39, 0.29) is 16.1 Å². The molecule has 23 heavy (non-hydrogen) atoms. The molecule has 0 atom stereocenters. The van der Waals surface area contributed by atoms with Crippen LogP contribution in [0, 0.1) is 0 Å². The molecule has 1 N–H and O–H groups in total. The van der Waals surface area contributed by atoms with E-state index in [1.807, 2.05) is 0 Å². The molecular weight excluding hydrogens is 331 g/mol. The van der Waals surface area contributed by atoms with Crippen LogP contribution in [0.1, 0.15) is 15.9 Å². The summed E-state index contributed by atoms with van der Waals surface area (Å²) >= 11 is 0. The molecule has 0 aliphatic carbocycles. The fourth-order valence-corrected chi connectivity index (χ4v) is 2.74. The largest absolute Gasteiger partial charge is 0.416 e. The molecule has 0 unspecified atom stereocenters. The summed E-state index contributed by atoms with van der Waals surface area (Å²) in [7, 11) is -3.55. The summed E-state index contributed by atoms with van der Waals surface area (Å²) in [5.74, 6) is -0.699. The zero-order valence-corrected chi connectivity index (χ0v) is 12.7. The summed E-state index contributed by atoms with van der Waals surface area (Å²) in [6, 6.07) is 9.41. The second-order valence-electron chi connectivity index (χ2n) is 4.80. The average Bonchev–Trinajstić information content (AvgIpc) is 2.46. The van der Waals surface area contributed by atoms with Crippen molar-refractivity contribution < 1.29 is 26.4 Å². The van der Waals surface area contributed by atoms with Gasteiger partial charge in [0, 0.05) is 11.8 Å². The summed E-state index contributed by atoms with van der Waals surface area (Å²) < 4.78 is 60.8.